The summed E-state index contributed by atoms with van der Waals surface area (Å²) in [5.41, 5.74) is 0. The topological polar surface area (TPSA) is 15.3 Å². The highest BCUT2D eigenvalue weighted by molar-refractivity contribution is 4.83. The standard InChI is InChI=1S/C10H22N2/c1-8(2)12(9(3)4)7-10-5-6-11-10/h8-11H,5-7H2,1-4H3. The first kappa shape index (κ1) is 10.0. The molecule has 0 radical (unpaired) electrons. The van der Waals surface area contributed by atoms with E-state index >= 15 is 0 Å². The van der Waals surface area contributed by atoms with Crippen LogP contribution in [-0.4, -0.2) is 36.1 Å². The lowest BCUT2D eigenvalue weighted by molar-refractivity contribution is 0.136. The van der Waals surface area contributed by atoms with Crippen molar-refractivity contribution >= 4 is 0 Å². The number of rotatable bonds is 4. The van der Waals surface area contributed by atoms with E-state index in [4.69, 9.17) is 0 Å². The second-order valence-electron chi connectivity index (χ2n) is 4.32. The second kappa shape index (κ2) is 4.24. The van der Waals surface area contributed by atoms with Crippen molar-refractivity contribution < 1.29 is 0 Å². The Hall–Kier alpha value is -0.0800. The lowest BCUT2D eigenvalue weighted by Gasteiger charge is -2.38. The lowest BCUT2D eigenvalue weighted by Crippen LogP contribution is -2.53. The van der Waals surface area contributed by atoms with Gasteiger partial charge in [0.15, 0.2) is 0 Å². The minimum Gasteiger partial charge on any atom is -0.313 e. The fraction of sp³-hybridized carbons (Fsp3) is 1.00. The molecule has 12 heavy (non-hydrogen) atoms. The maximum Gasteiger partial charge on any atom is 0.0207 e. The van der Waals surface area contributed by atoms with E-state index in [9.17, 15) is 0 Å². The van der Waals surface area contributed by atoms with Crippen LogP contribution in [0.25, 0.3) is 0 Å². The van der Waals surface area contributed by atoms with Gasteiger partial charge in [-0.3, -0.25) is 4.90 Å². The number of hydrogen-bond donors (Lipinski definition) is 1. The Kier molecular flexibility index (Phi) is 3.53. The molecule has 0 aliphatic carbocycles. The van der Waals surface area contributed by atoms with Gasteiger partial charge in [-0.15, -0.1) is 0 Å². The fourth-order valence-electron chi connectivity index (χ4n) is 1.78. The van der Waals surface area contributed by atoms with Crippen LogP contribution >= 0.6 is 0 Å². The molecule has 0 saturated carbocycles. The SMILES string of the molecule is CC(C)N(CC1CCN1)C(C)C. The summed E-state index contributed by atoms with van der Waals surface area (Å²) in [6.07, 6.45) is 1.36. The summed E-state index contributed by atoms with van der Waals surface area (Å²) in [7, 11) is 0. The van der Waals surface area contributed by atoms with Crippen LogP contribution in [-0.2, 0) is 0 Å². The molecular weight excluding hydrogens is 148 g/mol. The van der Waals surface area contributed by atoms with Gasteiger partial charge in [0.05, 0.1) is 0 Å². The second-order valence-corrected chi connectivity index (χ2v) is 4.32. The molecule has 1 N–H and O–H groups in total. The molecule has 0 bridgehead atoms. The zero-order valence-corrected chi connectivity index (χ0v) is 8.80. The summed E-state index contributed by atoms with van der Waals surface area (Å²) in [5, 5.41) is 3.44. The molecule has 72 valence electrons. The first-order chi connectivity index (χ1) is 5.61. The first-order valence-electron chi connectivity index (χ1n) is 5.10. The molecule has 0 aromatic carbocycles. The minimum absolute atomic E-state index is 0.674. The Morgan fingerprint density at radius 1 is 1.25 bits per heavy atom. The molecule has 0 aromatic rings. The maximum atomic E-state index is 3.44. The van der Waals surface area contributed by atoms with Crippen LogP contribution in [0, 0.1) is 0 Å². The van der Waals surface area contributed by atoms with Crippen molar-refractivity contribution in [1.29, 1.82) is 0 Å². The van der Waals surface area contributed by atoms with E-state index in [-0.39, 0.29) is 0 Å². The van der Waals surface area contributed by atoms with Crippen LogP contribution in [0.3, 0.4) is 0 Å². The van der Waals surface area contributed by atoms with Gasteiger partial charge in [-0.1, -0.05) is 0 Å². The number of hydrogen-bond acceptors (Lipinski definition) is 2. The third-order valence-corrected chi connectivity index (χ3v) is 2.68. The maximum absolute atomic E-state index is 3.44. The molecule has 1 atom stereocenters. The molecule has 2 heteroatoms. The van der Waals surface area contributed by atoms with Crippen molar-refractivity contribution in [3.63, 3.8) is 0 Å². The molecule has 0 spiro atoms. The van der Waals surface area contributed by atoms with Gasteiger partial charge in [0, 0.05) is 24.7 Å². The number of nitrogens with zero attached hydrogens (tertiary/aromatic N) is 1. The molecule has 1 aliphatic rings. The van der Waals surface area contributed by atoms with Crippen LogP contribution in [0.15, 0.2) is 0 Å². The quantitative estimate of drug-likeness (QED) is 0.687. The van der Waals surface area contributed by atoms with Crippen molar-refractivity contribution in [1.82, 2.24) is 10.2 Å². The van der Waals surface area contributed by atoms with Gasteiger partial charge in [-0.05, 0) is 40.7 Å². The fourth-order valence-corrected chi connectivity index (χ4v) is 1.78. The normalized spacial score (nSPS) is 23.8. The summed E-state index contributed by atoms with van der Waals surface area (Å²) in [4.78, 5) is 2.55. The monoisotopic (exact) mass is 170 g/mol. The van der Waals surface area contributed by atoms with Crippen LogP contribution < -0.4 is 5.32 Å². The van der Waals surface area contributed by atoms with E-state index in [2.05, 4.69) is 37.9 Å². The van der Waals surface area contributed by atoms with Gasteiger partial charge < -0.3 is 5.32 Å². The Balaban J connectivity index is 2.31. The van der Waals surface area contributed by atoms with E-state index in [1.807, 2.05) is 0 Å². The van der Waals surface area contributed by atoms with Gasteiger partial charge in [0.1, 0.15) is 0 Å². The first-order valence-corrected chi connectivity index (χ1v) is 5.10. The molecule has 0 amide bonds. The van der Waals surface area contributed by atoms with Crippen molar-refractivity contribution in [2.24, 2.45) is 0 Å². The van der Waals surface area contributed by atoms with Crippen molar-refractivity contribution in [2.75, 3.05) is 13.1 Å². The number of nitrogens with one attached hydrogen (secondary N) is 1. The van der Waals surface area contributed by atoms with Gasteiger partial charge >= 0.3 is 0 Å². The largest absolute Gasteiger partial charge is 0.313 e. The van der Waals surface area contributed by atoms with Crippen molar-refractivity contribution in [3.05, 3.63) is 0 Å². The Bertz CT molecular complexity index is 120. The third kappa shape index (κ3) is 2.46. The Morgan fingerprint density at radius 3 is 2.00 bits per heavy atom. The summed E-state index contributed by atoms with van der Waals surface area (Å²) in [6.45, 7) is 11.5. The zero-order chi connectivity index (χ0) is 9.14. The predicted octanol–water partition coefficient (Wildman–Crippen LogP) is 1.47. The molecule has 1 rings (SSSR count). The minimum atomic E-state index is 0.674. The predicted molar refractivity (Wildman–Crippen MR) is 53.4 cm³/mol. The Labute approximate surface area is 76.3 Å². The average molecular weight is 170 g/mol. The smallest absolute Gasteiger partial charge is 0.0207 e. The molecule has 1 aliphatic heterocycles. The summed E-state index contributed by atoms with van der Waals surface area (Å²) >= 11 is 0. The highest BCUT2D eigenvalue weighted by Gasteiger charge is 2.22. The molecule has 1 fully saturated rings. The van der Waals surface area contributed by atoms with E-state index in [1.54, 1.807) is 0 Å². The molecule has 1 heterocycles. The lowest BCUT2D eigenvalue weighted by atomic mass is 10.1. The molecule has 1 saturated heterocycles. The Morgan fingerprint density at radius 2 is 1.75 bits per heavy atom. The van der Waals surface area contributed by atoms with Crippen LogP contribution in [0.5, 0.6) is 0 Å². The van der Waals surface area contributed by atoms with Gasteiger partial charge in [0.25, 0.3) is 0 Å². The molecule has 2 nitrogen and oxygen atoms in total. The zero-order valence-electron chi connectivity index (χ0n) is 8.80. The highest BCUT2D eigenvalue weighted by atomic mass is 15.2. The van der Waals surface area contributed by atoms with Gasteiger partial charge in [0.2, 0.25) is 0 Å². The highest BCUT2D eigenvalue weighted by Crippen LogP contribution is 2.10. The summed E-state index contributed by atoms with van der Waals surface area (Å²) in [5.74, 6) is 0. The molecule has 0 aromatic heterocycles. The summed E-state index contributed by atoms with van der Waals surface area (Å²) in [6, 6.07) is 2.11. The van der Waals surface area contributed by atoms with Gasteiger partial charge in [-0.2, -0.15) is 0 Å². The molecule has 1 unspecified atom stereocenters. The van der Waals surface area contributed by atoms with Crippen LogP contribution in [0.2, 0.25) is 0 Å². The van der Waals surface area contributed by atoms with Crippen LogP contribution in [0.1, 0.15) is 34.1 Å². The van der Waals surface area contributed by atoms with E-state index in [1.165, 1.54) is 19.5 Å². The van der Waals surface area contributed by atoms with Crippen LogP contribution in [0.4, 0.5) is 0 Å². The van der Waals surface area contributed by atoms with Gasteiger partial charge in [-0.25, -0.2) is 0 Å². The summed E-state index contributed by atoms with van der Waals surface area (Å²) < 4.78 is 0. The molecular formula is C10H22N2. The van der Waals surface area contributed by atoms with E-state index in [0.717, 1.165) is 6.04 Å². The third-order valence-electron chi connectivity index (χ3n) is 2.68. The van der Waals surface area contributed by atoms with Crippen molar-refractivity contribution in [2.45, 2.75) is 52.2 Å². The van der Waals surface area contributed by atoms with E-state index in [0.29, 0.717) is 12.1 Å². The van der Waals surface area contributed by atoms with Crippen molar-refractivity contribution in [3.8, 4) is 0 Å². The van der Waals surface area contributed by atoms with E-state index < -0.39 is 0 Å². The average Bonchev–Trinajstić information content (AvgIpc) is 1.82.